The Morgan fingerprint density at radius 2 is 1.95 bits per heavy atom. The van der Waals surface area contributed by atoms with Gasteiger partial charge in [0.2, 0.25) is 0 Å². The highest BCUT2D eigenvalue weighted by Crippen LogP contribution is 2.62. The lowest BCUT2D eigenvalue weighted by atomic mass is 9.46. The van der Waals surface area contributed by atoms with E-state index in [0.29, 0.717) is 36.5 Å². The number of hydrogen-bond acceptors (Lipinski definition) is 3. The predicted octanol–water partition coefficient (Wildman–Crippen LogP) is 2.54. The largest absolute Gasteiger partial charge is 0.462 e. The van der Waals surface area contributed by atoms with Crippen LogP contribution in [0.25, 0.3) is 0 Å². The zero-order chi connectivity index (χ0) is 13.6. The number of esters is 1. The molecule has 4 aliphatic rings. The second-order valence-corrected chi connectivity index (χ2v) is 7.17. The molecule has 2 unspecified atom stereocenters. The number of aliphatic hydroxyl groups excluding tert-OH is 1. The van der Waals surface area contributed by atoms with Gasteiger partial charge in [-0.05, 0) is 62.7 Å². The Labute approximate surface area is 115 Å². The van der Waals surface area contributed by atoms with Crippen LogP contribution in [0.5, 0.6) is 0 Å². The molecule has 4 fully saturated rings. The van der Waals surface area contributed by atoms with Crippen molar-refractivity contribution in [3.63, 3.8) is 0 Å². The molecule has 4 aliphatic carbocycles. The van der Waals surface area contributed by atoms with Crippen LogP contribution in [-0.4, -0.2) is 24.3 Å². The molecule has 4 bridgehead atoms. The number of hydrogen-bond donors (Lipinski definition) is 1. The second kappa shape index (κ2) is 4.62. The molecule has 106 valence electrons. The normalized spacial score (nSPS) is 43.3. The molecule has 3 nitrogen and oxygen atoms in total. The Bertz CT molecular complexity index is 385. The van der Waals surface area contributed by atoms with Crippen molar-refractivity contribution in [1.82, 2.24) is 0 Å². The first-order chi connectivity index (χ1) is 9.03. The van der Waals surface area contributed by atoms with Crippen molar-refractivity contribution < 1.29 is 14.6 Å². The Morgan fingerprint density at radius 3 is 2.47 bits per heavy atom. The Morgan fingerprint density at radius 1 is 1.32 bits per heavy atom. The number of ether oxygens (including phenoxy) is 1. The minimum atomic E-state index is -0.255. The van der Waals surface area contributed by atoms with E-state index in [1.807, 2.05) is 0 Å². The maximum absolute atomic E-state index is 11.6. The summed E-state index contributed by atoms with van der Waals surface area (Å²) in [6.45, 7) is 6.23. The molecule has 4 saturated carbocycles. The van der Waals surface area contributed by atoms with Crippen LogP contribution >= 0.6 is 0 Å². The van der Waals surface area contributed by atoms with Crippen molar-refractivity contribution in [3.8, 4) is 0 Å². The topological polar surface area (TPSA) is 46.5 Å². The van der Waals surface area contributed by atoms with Crippen LogP contribution in [0.1, 0.15) is 39.0 Å². The van der Waals surface area contributed by atoms with Gasteiger partial charge in [-0.3, -0.25) is 0 Å². The van der Waals surface area contributed by atoms with E-state index < -0.39 is 0 Å². The summed E-state index contributed by atoms with van der Waals surface area (Å²) in [5.41, 5.74) is 0.686. The SMILES string of the molecule is C=C(C)C(=O)OCC12CC3CC(C1)C(CO)C(C3)C2. The molecular formula is C16H24O3. The molecule has 0 spiro atoms. The Kier molecular flexibility index (Phi) is 3.20. The molecule has 0 radical (unpaired) electrons. The highest BCUT2D eigenvalue weighted by Gasteiger charge is 2.55. The number of aliphatic hydroxyl groups is 1. The lowest BCUT2D eigenvalue weighted by Crippen LogP contribution is -2.53. The van der Waals surface area contributed by atoms with Crippen molar-refractivity contribution in [2.24, 2.45) is 29.1 Å². The Balaban J connectivity index is 1.69. The van der Waals surface area contributed by atoms with E-state index in [0.717, 1.165) is 18.8 Å². The summed E-state index contributed by atoms with van der Waals surface area (Å²) >= 11 is 0. The first kappa shape index (κ1) is 13.2. The molecule has 4 rings (SSSR count). The number of carbonyl (C=O) groups excluding carboxylic acids is 1. The van der Waals surface area contributed by atoms with Crippen molar-refractivity contribution in [2.45, 2.75) is 39.0 Å². The lowest BCUT2D eigenvalue weighted by molar-refractivity contribution is -0.159. The average Bonchev–Trinajstić information content (AvgIpc) is 2.35. The van der Waals surface area contributed by atoms with Crippen LogP contribution < -0.4 is 0 Å². The first-order valence-corrected chi connectivity index (χ1v) is 7.46. The zero-order valence-electron chi connectivity index (χ0n) is 11.7. The third-order valence-electron chi connectivity index (χ3n) is 5.66. The van der Waals surface area contributed by atoms with Crippen LogP contribution in [0.15, 0.2) is 12.2 Å². The summed E-state index contributed by atoms with van der Waals surface area (Å²) in [5.74, 6) is 2.35. The average molecular weight is 264 g/mol. The maximum Gasteiger partial charge on any atom is 0.333 e. The van der Waals surface area contributed by atoms with E-state index in [1.165, 1.54) is 19.3 Å². The minimum absolute atomic E-state index is 0.202. The smallest absolute Gasteiger partial charge is 0.333 e. The minimum Gasteiger partial charge on any atom is -0.462 e. The van der Waals surface area contributed by atoms with Gasteiger partial charge in [-0.2, -0.15) is 0 Å². The standard InChI is InChI=1S/C16H24O3/c1-10(2)15(18)19-9-16-5-11-3-12(6-16)14(8-17)13(4-11)7-16/h11-14,17H,1,3-9H2,2H3. The van der Waals surface area contributed by atoms with Gasteiger partial charge in [0, 0.05) is 17.6 Å². The van der Waals surface area contributed by atoms with Gasteiger partial charge in [0.1, 0.15) is 0 Å². The fraction of sp³-hybridized carbons (Fsp3) is 0.812. The summed E-state index contributed by atoms with van der Waals surface area (Å²) in [4.78, 5) is 11.6. The summed E-state index contributed by atoms with van der Waals surface area (Å²) in [6, 6.07) is 0. The fourth-order valence-corrected chi connectivity index (χ4v) is 5.11. The molecule has 3 heteroatoms. The zero-order valence-corrected chi connectivity index (χ0v) is 11.7. The third kappa shape index (κ3) is 2.22. The van der Waals surface area contributed by atoms with Crippen LogP contribution in [0.4, 0.5) is 0 Å². The Hall–Kier alpha value is -0.830. The van der Waals surface area contributed by atoms with E-state index in [2.05, 4.69) is 6.58 Å². The molecule has 0 aromatic carbocycles. The molecule has 19 heavy (non-hydrogen) atoms. The van der Waals surface area contributed by atoms with Gasteiger partial charge >= 0.3 is 5.97 Å². The fourth-order valence-electron chi connectivity index (χ4n) is 5.11. The van der Waals surface area contributed by atoms with Crippen LogP contribution in [0.3, 0.4) is 0 Å². The van der Waals surface area contributed by atoms with Crippen LogP contribution in [-0.2, 0) is 9.53 Å². The van der Waals surface area contributed by atoms with Crippen molar-refractivity contribution >= 4 is 5.97 Å². The molecular weight excluding hydrogens is 240 g/mol. The molecule has 1 N–H and O–H groups in total. The predicted molar refractivity (Wildman–Crippen MR) is 72.3 cm³/mol. The van der Waals surface area contributed by atoms with E-state index in [4.69, 9.17) is 4.74 Å². The van der Waals surface area contributed by atoms with E-state index in [-0.39, 0.29) is 11.4 Å². The van der Waals surface area contributed by atoms with Gasteiger partial charge in [-0.25, -0.2) is 4.79 Å². The molecule has 0 amide bonds. The molecule has 0 aromatic rings. The third-order valence-corrected chi connectivity index (χ3v) is 5.66. The molecule has 0 aromatic heterocycles. The van der Waals surface area contributed by atoms with Gasteiger partial charge in [0.25, 0.3) is 0 Å². The number of carbonyl (C=O) groups is 1. The van der Waals surface area contributed by atoms with E-state index in [1.54, 1.807) is 6.92 Å². The summed E-state index contributed by atoms with van der Waals surface area (Å²) < 4.78 is 5.46. The monoisotopic (exact) mass is 264 g/mol. The van der Waals surface area contributed by atoms with Crippen LogP contribution in [0, 0.1) is 29.1 Å². The summed E-state index contributed by atoms with van der Waals surface area (Å²) in [5, 5.41) is 9.58. The molecule has 0 saturated heterocycles. The second-order valence-electron chi connectivity index (χ2n) is 7.17. The van der Waals surface area contributed by atoms with Crippen molar-refractivity contribution in [2.75, 3.05) is 13.2 Å². The van der Waals surface area contributed by atoms with Crippen molar-refractivity contribution in [3.05, 3.63) is 12.2 Å². The van der Waals surface area contributed by atoms with Gasteiger partial charge < -0.3 is 9.84 Å². The quantitative estimate of drug-likeness (QED) is 0.627. The summed E-state index contributed by atoms with van der Waals surface area (Å²) in [7, 11) is 0. The molecule has 2 atom stereocenters. The molecule has 0 heterocycles. The van der Waals surface area contributed by atoms with Gasteiger partial charge in [0.15, 0.2) is 0 Å². The van der Waals surface area contributed by atoms with E-state index in [9.17, 15) is 9.90 Å². The number of rotatable bonds is 4. The van der Waals surface area contributed by atoms with E-state index >= 15 is 0 Å². The highest BCUT2D eigenvalue weighted by molar-refractivity contribution is 5.86. The van der Waals surface area contributed by atoms with Gasteiger partial charge in [-0.15, -0.1) is 0 Å². The maximum atomic E-state index is 11.6. The van der Waals surface area contributed by atoms with Gasteiger partial charge in [0.05, 0.1) is 6.61 Å². The van der Waals surface area contributed by atoms with Crippen LogP contribution in [0.2, 0.25) is 0 Å². The lowest BCUT2D eigenvalue weighted by Gasteiger charge is -2.59. The first-order valence-electron chi connectivity index (χ1n) is 7.46. The molecule has 0 aliphatic heterocycles. The summed E-state index contributed by atoms with van der Waals surface area (Å²) in [6.07, 6.45) is 6.03. The van der Waals surface area contributed by atoms with Gasteiger partial charge in [-0.1, -0.05) is 6.58 Å². The highest BCUT2D eigenvalue weighted by atomic mass is 16.5. The van der Waals surface area contributed by atoms with Crippen molar-refractivity contribution in [1.29, 1.82) is 0 Å².